The molecule has 1 amide bonds. The second-order valence-electron chi connectivity index (χ2n) is 8.80. The summed E-state index contributed by atoms with van der Waals surface area (Å²) in [4.78, 5) is 26.0. The Morgan fingerprint density at radius 2 is 1.73 bits per heavy atom. The molecule has 0 saturated carbocycles. The van der Waals surface area contributed by atoms with Gasteiger partial charge in [-0.05, 0) is 48.5 Å². The fraction of sp³-hybridized carbons (Fsp3) is 0.778. The first-order valence-electron chi connectivity index (χ1n) is 8.88. The molecule has 0 aromatic carbocycles. The van der Waals surface area contributed by atoms with Gasteiger partial charge in [0.25, 0.3) is 0 Å². The molecule has 2 saturated heterocycles. The molecule has 2 fully saturated rings. The molecule has 0 radical (unpaired) electrons. The van der Waals surface area contributed by atoms with Gasteiger partial charge in [-0.3, -0.25) is 4.90 Å². The van der Waals surface area contributed by atoms with Gasteiger partial charge in [0.1, 0.15) is 11.6 Å². The molecule has 2 rings (SSSR count). The van der Waals surface area contributed by atoms with Crippen LogP contribution in [0.25, 0.3) is 0 Å². The van der Waals surface area contributed by atoms with Crippen LogP contribution in [0.5, 0.6) is 0 Å². The minimum absolute atomic E-state index is 0.277. The molecule has 0 bridgehead atoms. The minimum atomic E-state index is -0.705. The van der Waals surface area contributed by atoms with Crippen LogP contribution in [0, 0.1) is 0 Å². The Kier molecular flexibility index (Phi) is 5.50. The Bertz CT molecular complexity index is 591. The lowest BCUT2D eigenvalue weighted by atomic mass is 9.86. The number of methoxy groups -OCH3 is 1. The number of carbonyl (C=O) groups excluding carboxylic acids is 2. The van der Waals surface area contributed by atoms with E-state index in [2.05, 4.69) is 0 Å². The zero-order valence-electron chi connectivity index (χ0n) is 17.0. The van der Waals surface area contributed by atoms with E-state index >= 15 is 0 Å². The highest BCUT2D eigenvalue weighted by molar-refractivity contribution is 6.51. The first-order valence-corrected chi connectivity index (χ1v) is 8.88. The molecule has 7 nitrogen and oxygen atoms in total. The summed E-state index contributed by atoms with van der Waals surface area (Å²) in [6.45, 7) is 13.5. The molecule has 146 valence electrons. The summed E-state index contributed by atoms with van der Waals surface area (Å²) >= 11 is 0. The van der Waals surface area contributed by atoms with Gasteiger partial charge in [0, 0.05) is 13.0 Å². The first kappa shape index (κ1) is 20.8. The van der Waals surface area contributed by atoms with Crippen molar-refractivity contribution >= 4 is 19.2 Å². The topological polar surface area (TPSA) is 74.3 Å². The van der Waals surface area contributed by atoms with E-state index in [1.165, 1.54) is 12.0 Å². The summed E-state index contributed by atoms with van der Waals surface area (Å²) in [6.07, 6.45) is -0.166. The molecule has 1 atom stereocenters. The van der Waals surface area contributed by atoms with Crippen molar-refractivity contribution in [3.05, 3.63) is 11.5 Å². The number of rotatable bonds is 2. The molecule has 26 heavy (non-hydrogen) atoms. The van der Waals surface area contributed by atoms with Gasteiger partial charge in [0.15, 0.2) is 0 Å². The Morgan fingerprint density at radius 1 is 1.19 bits per heavy atom. The number of hydrogen-bond donors (Lipinski definition) is 0. The third kappa shape index (κ3) is 4.41. The zero-order valence-corrected chi connectivity index (χ0v) is 17.0. The SMILES string of the molecule is COC(=O)C1C/C(=C\B2OC(C)(C)C(C)(C)O2)CN1C(=O)OC(C)(C)C. The van der Waals surface area contributed by atoms with Crippen LogP contribution in [-0.2, 0) is 23.6 Å². The standard InChI is InChI=1S/C18H30BNO6/c1-16(2,3)24-15(22)20-11-12(9-13(20)14(21)23-8)10-19-25-17(4,5)18(6,7)26-19/h10,13H,9,11H2,1-8H3/b12-10+. The van der Waals surface area contributed by atoms with Gasteiger partial charge in [0.05, 0.1) is 18.3 Å². The third-order valence-electron chi connectivity index (χ3n) is 4.95. The predicted octanol–water partition coefficient (Wildman–Crippen LogP) is 2.73. The van der Waals surface area contributed by atoms with Crippen LogP contribution in [-0.4, -0.2) is 60.6 Å². The predicted molar refractivity (Wildman–Crippen MR) is 97.5 cm³/mol. The maximum atomic E-state index is 12.5. The molecule has 1 unspecified atom stereocenters. The molecule has 0 spiro atoms. The largest absolute Gasteiger partial charge is 0.487 e. The van der Waals surface area contributed by atoms with Crippen molar-refractivity contribution in [1.29, 1.82) is 0 Å². The van der Waals surface area contributed by atoms with Gasteiger partial charge in [-0.25, -0.2) is 9.59 Å². The van der Waals surface area contributed by atoms with Crippen molar-refractivity contribution in [3.8, 4) is 0 Å². The van der Waals surface area contributed by atoms with Crippen molar-refractivity contribution in [2.45, 2.75) is 77.7 Å². The van der Waals surface area contributed by atoms with Crippen LogP contribution in [0.2, 0.25) is 0 Å². The highest BCUT2D eigenvalue weighted by atomic mass is 16.7. The molecular weight excluding hydrogens is 337 g/mol. The average molecular weight is 367 g/mol. The van der Waals surface area contributed by atoms with E-state index in [1.807, 2.05) is 33.7 Å². The molecule has 0 aromatic rings. The number of nitrogens with zero attached hydrogens (tertiary/aromatic N) is 1. The van der Waals surface area contributed by atoms with Gasteiger partial charge in [-0.15, -0.1) is 0 Å². The summed E-state index contributed by atoms with van der Waals surface area (Å²) in [7, 11) is 0.790. The lowest BCUT2D eigenvalue weighted by Crippen LogP contribution is -2.43. The van der Waals surface area contributed by atoms with E-state index < -0.39 is 42.0 Å². The highest BCUT2D eigenvalue weighted by Gasteiger charge is 2.51. The minimum Gasteiger partial charge on any atom is -0.467 e. The summed E-state index contributed by atoms with van der Waals surface area (Å²) in [5, 5.41) is 0. The Hall–Kier alpha value is -1.54. The fourth-order valence-electron chi connectivity index (χ4n) is 2.88. The molecule has 2 aliphatic heterocycles. The molecule has 8 heteroatoms. The summed E-state index contributed by atoms with van der Waals surface area (Å²) in [5.74, 6) is 1.38. The molecule has 0 aliphatic carbocycles. The lowest BCUT2D eigenvalue weighted by Gasteiger charge is -2.32. The van der Waals surface area contributed by atoms with Crippen LogP contribution in [0.4, 0.5) is 4.79 Å². The van der Waals surface area contributed by atoms with Crippen molar-refractivity contribution in [1.82, 2.24) is 4.90 Å². The number of esters is 1. The van der Waals surface area contributed by atoms with Crippen molar-refractivity contribution in [2.75, 3.05) is 13.7 Å². The van der Waals surface area contributed by atoms with E-state index in [4.69, 9.17) is 18.8 Å². The highest BCUT2D eigenvalue weighted by Crippen LogP contribution is 2.38. The molecular formula is C18H30BNO6. The second kappa shape index (κ2) is 6.89. The van der Waals surface area contributed by atoms with Crippen LogP contribution in [0.3, 0.4) is 0 Å². The van der Waals surface area contributed by atoms with Crippen LogP contribution < -0.4 is 0 Å². The van der Waals surface area contributed by atoms with E-state index in [-0.39, 0.29) is 6.54 Å². The normalized spacial score (nSPS) is 26.3. The number of carbonyl (C=O) groups is 2. The van der Waals surface area contributed by atoms with Gasteiger partial charge in [-0.1, -0.05) is 11.5 Å². The van der Waals surface area contributed by atoms with Crippen molar-refractivity contribution < 1.29 is 28.4 Å². The number of ether oxygens (including phenoxy) is 2. The zero-order chi connectivity index (χ0) is 19.9. The van der Waals surface area contributed by atoms with E-state index in [0.717, 1.165) is 5.57 Å². The van der Waals surface area contributed by atoms with Crippen LogP contribution in [0.1, 0.15) is 54.9 Å². The molecule has 2 heterocycles. The Balaban J connectivity index is 2.17. The average Bonchev–Trinajstić information content (AvgIpc) is 2.95. The smallest absolute Gasteiger partial charge is 0.467 e. The van der Waals surface area contributed by atoms with E-state index in [9.17, 15) is 9.59 Å². The first-order chi connectivity index (χ1) is 11.8. The molecule has 0 aromatic heterocycles. The van der Waals surface area contributed by atoms with E-state index in [0.29, 0.717) is 6.42 Å². The molecule has 0 N–H and O–H groups in total. The summed E-state index contributed by atoms with van der Waals surface area (Å²) in [5.41, 5.74) is -0.653. The number of hydrogen-bond acceptors (Lipinski definition) is 6. The summed E-state index contributed by atoms with van der Waals surface area (Å²) in [6, 6.07) is -0.705. The Morgan fingerprint density at radius 3 is 2.19 bits per heavy atom. The van der Waals surface area contributed by atoms with E-state index in [1.54, 1.807) is 20.8 Å². The maximum Gasteiger partial charge on any atom is 0.487 e. The third-order valence-corrected chi connectivity index (χ3v) is 4.95. The van der Waals surface area contributed by atoms with Crippen LogP contribution >= 0.6 is 0 Å². The lowest BCUT2D eigenvalue weighted by molar-refractivity contribution is -0.145. The van der Waals surface area contributed by atoms with Gasteiger partial charge < -0.3 is 18.8 Å². The Labute approximate surface area is 156 Å². The maximum absolute atomic E-state index is 12.5. The van der Waals surface area contributed by atoms with Gasteiger partial charge >= 0.3 is 19.2 Å². The fourth-order valence-corrected chi connectivity index (χ4v) is 2.88. The number of likely N-dealkylation sites (tertiary alicyclic amines) is 1. The van der Waals surface area contributed by atoms with Crippen molar-refractivity contribution in [3.63, 3.8) is 0 Å². The quantitative estimate of drug-likeness (QED) is 0.552. The van der Waals surface area contributed by atoms with Gasteiger partial charge in [-0.2, -0.15) is 0 Å². The number of amides is 1. The monoisotopic (exact) mass is 367 g/mol. The summed E-state index contributed by atoms with van der Waals surface area (Å²) < 4.78 is 22.2. The van der Waals surface area contributed by atoms with Crippen molar-refractivity contribution in [2.24, 2.45) is 0 Å². The molecule has 2 aliphatic rings. The second-order valence-corrected chi connectivity index (χ2v) is 8.80. The van der Waals surface area contributed by atoms with Gasteiger partial charge in [0.2, 0.25) is 0 Å². The van der Waals surface area contributed by atoms with Crippen LogP contribution in [0.15, 0.2) is 11.5 Å².